The van der Waals surface area contributed by atoms with E-state index in [0.717, 1.165) is 5.82 Å². The topological polar surface area (TPSA) is 64.9 Å². The number of aromatic nitrogens is 2. The van der Waals surface area contributed by atoms with Crippen LogP contribution in [0, 0.1) is 5.41 Å². The molecule has 0 radical (unpaired) electrons. The van der Waals surface area contributed by atoms with Gasteiger partial charge in [-0.15, -0.1) is 0 Å². The number of hydrogen-bond donors (Lipinski definition) is 1. The standard InChI is InChI=1S/C13H23N3O/c1-9(14)8-11-15-12(16-17-11)10-4-6-13(2,3)7-5-10/h9-10H,4-8,14H2,1-3H3. The molecular formula is C13H23N3O. The van der Waals surface area contributed by atoms with E-state index in [1.807, 2.05) is 6.92 Å². The summed E-state index contributed by atoms with van der Waals surface area (Å²) in [6, 6.07) is 0.0774. The summed E-state index contributed by atoms with van der Waals surface area (Å²) in [6.45, 7) is 6.62. The molecule has 17 heavy (non-hydrogen) atoms. The first-order valence-corrected chi connectivity index (χ1v) is 6.54. The van der Waals surface area contributed by atoms with E-state index in [1.54, 1.807) is 0 Å². The third-order valence-corrected chi connectivity index (χ3v) is 3.68. The van der Waals surface area contributed by atoms with Gasteiger partial charge in [-0.3, -0.25) is 0 Å². The van der Waals surface area contributed by atoms with E-state index in [2.05, 4.69) is 24.0 Å². The maximum absolute atomic E-state index is 5.72. The molecule has 0 aromatic carbocycles. The molecule has 2 rings (SSSR count). The Kier molecular flexibility index (Phi) is 3.52. The smallest absolute Gasteiger partial charge is 0.228 e. The Morgan fingerprint density at radius 1 is 1.41 bits per heavy atom. The van der Waals surface area contributed by atoms with Crippen molar-refractivity contribution in [3.8, 4) is 0 Å². The number of hydrogen-bond acceptors (Lipinski definition) is 4. The van der Waals surface area contributed by atoms with Crippen molar-refractivity contribution >= 4 is 0 Å². The highest BCUT2D eigenvalue weighted by Crippen LogP contribution is 2.41. The van der Waals surface area contributed by atoms with Gasteiger partial charge < -0.3 is 10.3 Å². The number of nitrogens with two attached hydrogens (primary N) is 1. The molecule has 0 aliphatic heterocycles. The largest absolute Gasteiger partial charge is 0.339 e. The summed E-state index contributed by atoms with van der Waals surface area (Å²) in [4.78, 5) is 4.46. The monoisotopic (exact) mass is 237 g/mol. The van der Waals surface area contributed by atoms with Gasteiger partial charge in [-0.2, -0.15) is 4.98 Å². The Morgan fingerprint density at radius 3 is 2.65 bits per heavy atom. The maximum atomic E-state index is 5.72. The van der Waals surface area contributed by atoms with Crippen LogP contribution in [-0.2, 0) is 6.42 Å². The highest BCUT2D eigenvalue weighted by Gasteiger charge is 2.30. The zero-order valence-electron chi connectivity index (χ0n) is 11.1. The average Bonchev–Trinajstić information content (AvgIpc) is 2.65. The lowest BCUT2D eigenvalue weighted by atomic mass is 9.73. The van der Waals surface area contributed by atoms with Gasteiger partial charge in [-0.25, -0.2) is 0 Å². The van der Waals surface area contributed by atoms with E-state index >= 15 is 0 Å². The zero-order chi connectivity index (χ0) is 12.5. The molecule has 4 nitrogen and oxygen atoms in total. The van der Waals surface area contributed by atoms with E-state index in [-0.39, 0.29) is 6.04 Å². The minimum absolute atomic E-state index is 0.0774. The van der Waals surface area contributed by atoms with Crippen LogP contribution in [0.3, 0.4) is 0 Å². The summed E-state index contributed by atoms with van der Waals surface area (Å²) < 4.78 is 5.24. The molecule has 0 amide bonds. The van der Waals surface area contributed by atoms with Crippen molar-refractivity contribution < 1.29 is 4.52 Å². The SMILES string of the molecule is CC(N)Cc1nc(C2CCC(C)(C)CC2)no1. The van der Waals surface area contributed by atoms with Crippen LogP contribution < -0.4 is 5.73 Å². The van der Waals surface area contributed by atoms with Crippen molar-refractivity contribution in [2.24, 2.45) is 11.1 Å². The van der Waals surface area contributed by atoms with Crippen LogP contribution >= 0.6 is 0 Å². The molecule has 1 saturated carbocycles. The molecule has 1 aliphatic carbocycles. The quantitative estimate of drug-likeness (QED) is 0.877. The summed E-state index contributed by atoms with van der Waals surface area (Å²) in [5, 5.41) is 4.10. The van der Waals surface area contributed by atoms with Gasteiger partial charge in [0.25, 0.3) is 0 Å². The van der Waals surface area contributed by atoms with Gasteiger partial charge in [0, 0.05) is 18.4 Å². The summed E-state index contributed by atoms with van der Waals surface area (Å²) in [5.74, 6) is 2.05. The van der Waals surface area contributed by atoms with E-state index in [1.165, 1.54) is 25.7 Å². The molecular weight excluding hydrogens is 214 g/mol. The van der Waals surface area contributed by atoms with Crippen molar-refractivity contribution in [2.75, 3.05) is 0 Å². The second kappa shape index (κ2) is 4.77. The van der Waals surface area contributed by atoms with Gasteiger partial charge in [0.15, 0.2) is 5.82 Å². The van der Waals surface area contributed by atoms with E-state index in [9.17, 15) is 0 Å². The van der Waals surface area contributed by atoms with Crippen molar-refractivity contribution in [3.05, 3.63) is 11.7 Å². The first-order valence-electron chi connectivity index (χ1n) is 6.54. The Morgan fingerprint density at radius 2 is 2.06 bits per heavy atom. The van der Waals surface area contributed by atoms with Gasteiger partial charge >= 0.3 is 0 Å². The average molecular weight is 237 g/mol. The van der Waals surface area contributed by atoms with Gasteiger partial charge in [-0.1, -0.05) is 19.0 Å². The highest BCUT2D eigenvalue weighted by molar-refractivity contribution is 4.99. The fourth-order valence-electron chi connectivity index (χ4n) is 2.45. The minimum Gasteiger partial charge on any atom is -0.339 e. The molecule has 2 N–H and O–H groups in total. The predicted octanol–water partition coefficient (Wildman–Crippen LogP) is 2.64. The molecule has 1 aliphatic rings. The molecule has 1 aromatic rings. The van der Waals surface area contributed by atoms with Gasteiger partial charge in [0.2, 0.25) is 5.89 Å². The lowest BCUT2D eigenvalue weighted by molar-refractivity contribution is 0.218. The van der Waals surface area contributed by atoms with Crippen LogP contribution in [0.25, 0.3) is 0 Å². The third kappa shape index (κ3) is 3.28. The van der Waals surface area contributed by atoms with Gasteiger partial charge in [0.05, 0.1) is 0 Å². The fraction of sp³-hybridized carbons (Fsp3) is 0.846. The number of nitrogens with zero attached hydrogens (tertiary/aromatic N) is 2. The Balaban J connectivity index is 1.97. The Labute approximate surface area is 103 Å². The molecule has 1 unspecified atom stereocenters. The Bertz CT molecular complexity index is 360. The summed E-state index contributed by atoms with van der Waals surface area (Å²) >= 11 is 0. The molecule has 0 bridgehead atoms. The van der Waals surface area contributed by atoms with Crippen LogP contribution in [0.4, 0.5) is 0 Å². The molecule has 96 valence electrons. The molecule has 1 atom stereocenters. The molecule has 0 saturated heterocycles. The zero-order valence-corrected chi connectivity index (χ0v) is 11.1. The first-order chi connectivity index (χ1) is 7.96. The maximum Gasteiger partial charge on any atom is 0.228 e. The lowest BCUT2D eigenvalue weighted by Gasteiger charge is -2.32. The second-order valence-corrected chi connectivity index (χ2v) is 6.17. The normalized spacial score (nSPS) is 22.6. The molecule has 0 spiro atoms. The van der Waals surface area contributed by atoms with E-state index in [0.29, 0.717) is 23.6 Å². The summed E-state index contributed by atoms with van der Waals surface area (Å²) in [7, 11) is 0. The van der Waals surface area contributed by atoms with Gasteiger partial charge in [0.1, 0.15) is 0 Å². The molecule has 1 aromatic heterocycles. The van der Waals surface area contributed by atoms with Crippen molar-refractivity contribution in [1.82, 2.24) is 10.1 Å². The molecule has 1 fully saturated rings. The molecule has 1 heterocycles. The van der Waals surface area contributed by atoms with E-state index < -0.39 is 0 Å². The fourth-order valence-corrected chi connectivity index (χ4v) is 2.45. The van der Waals surface area contributed by atoms with Crippen LogP contribution in [0.5, 0.6) is 0 Å². The summed E-state index contributed by atoms with van der Waals surface area (Å²) in [6.07, 6.45) is 5.50. The number of rotatable bonds is 3. The lowest BCUT2D eigenvalue weighted by Crippen LogP contribution is -2.21. The predicted molar refractivity (Wildman–Crippen MR) is 66.6 cm³/mol. The first kappa shape index (κ1) is 12.6. The van der Waals surface area contributed by atoms with Crippen LogP contribution in [0.1, 0.15) is 64.1 Å². The minimum atomic E-state index is 0.0774. The van der Waals surface area contributed by atoms with Crippen molar-refractivity contribution in [1.29, 1.82) is 0 Å². The van der Waals surface area contributed by atoms with Crippen LogP contribution in [0.2, 0.25) is 0 Å². The third-order valence-electron chi connectivity index (χ3n) is 3.68. The van der Waals surface area contributed by atoms with Crippen molar-refractivity contribution in [3.63, 3.8) is 0 Å². The Hall–Kier alpha value is -0.900. The van der Waals surface area contributed by atoms with Crippen molar-refractivity contribution in [2.45, 2.75) is 64.8 Å². The second-order valence-electron chi connectivity index (χ2n) is 6.17. The summed E-state index contributed by atoms with van der Waals surface area (Å²) in [5.41, 5.74) is 6.20. The van der Waals surface area contributed by atoms with Gasteiger partial charge in [-0.05, 0) is 38.0 Å². The van der Waals surface area contributed by atoms with Crippen LogP contribution in [0.15, 0.2) is 4.52 Å². The highest BCUT2D eigenvalue weighted by atomic mass is 16.5. The van der Waals surface area contributed by atoms with E-state index in [4.69, 9.17) is 10.3 Å². The molecule has 4 heteroatoms. The van der Waals surface area contributed by atoms with Crippen LogP contribution in [-0.4, -0.2) is 16.2 Å².